The van der Waals surface area contributed by atoms with Crippen molar-refractivity contribution in [1.82, 2.24) is 4.90 Å². The van der Waals surface area contributed by atoms with Crippen LogP contribution in [0.5, 0.6) is 0 Å². The number of hydrogen-bond acceptors (Lipinski definition) is 2. The average molecular weight is 297 g/mol. The Balaban J connectivity index is 1.73. The summed E-state index contributed by atoms with van der Waals surface area (Å²) >= 11 is 1.80. The number of carbonyl (C=O) groups excluding carboxylic acids is 1. The van der Waals surface area contributed by atoms with Crippen LogP contribution in [0.1, 0.15) is 34.5 Å². The van der Waals surface area contributed by atoms with Gasteiger partial charge in [-0.3, -0.25) is 4.79 Å². The molecule has 0 N–H and O–H groups in total. The maximum atomic E-state index is 12.4. The summed E-state index contributed by atoms with van der Waals surface area (Å²) in [6.07, 6.45) is 4.57. The normalized spacial score (nSPS) is 18.0. The number of amides is 1. The van der Waals surface area contributed by atoms with Crippen LogP contribution in [0.4, 0.5) is 0 Å². The Kier molecular flexibility index (Phi) is 3.93. The van der Waals surface area contributed by atoms with Gasteiger partial charge in [0.25, 0.3) is 0 Å². The van der Waals surface area contributed by atoms with Crippen LogP contribution in [0.25, 0.3) is 6.08 Å². The highest BCUT2D eigenvalue weighted by atomic mass is 32.1. The summed E-state index contributed by atoms with van der Waals surface area (Å²) in [5.41, 5.74) is 3.60. The maximum absolute atomic E-state index is 12.4. The van der Waals surface area contributed by atoms with E-state index >= 15 is 0 Å². The van der Waals surface area contributed by atoms with Gasteiger partial charge in [0.05, 0.1) is 6.04 Å². The smallest absolute Gasteiger partial charge is 0.247 e. The predicted molar refractivity (Wildman–Crippen MR) is 88.4 cm³/mol. The lowest BCUT2D eigenvalue weighted by atomic mass is 10.0. The Hall–Kier alpha value is -1.87. The molecule has 108 valence electrons. The van der Waals surface area contributed by atoms with Crippen molar-refractivity contribution in [3.05, 3.63) is 63.4 Å². The maximum Gasteiger partial charge on any atom is 0.247 e. The molecule has 1 aromatic carbocycles. The quantitative estimate of drug-likeness (QED) is 0.760. The lowest BCUT2D eigenvalue weighted by Crippen LogP contribution is -2.37. The molecule has 0 fully saturated rings. The molecule has 0 radical (unpaired) electrons. The third-order valence-corrected chi connectivity index (χ3v) is 5.05. The molecule has 1 atom stereocenters. The standard InChI is InChI=1S/C18H19NOS/c1-13-3-5-15(6-4-13)7-8-18(20)19-11-9-17-16(14(19)2)10-12-21-17/h3-8,10,12,14H,9,11H2,1-2H3/b8-7+/t14-/m0/s1. The van der Waals surface area contributed by atoms with Crippen molar-refractivity contribution in [1.29, 1.82) is 0 Å². The molecule has 3 heteroatoms. The number of nitrogens with zero attached hydrogens (tertiary/aromatic N) is 1. The molecule has 0 bridgehead atoms. The Morgan fingerprint density at radius 3 is 2.81 bits per heavy atom. The van der Waals surface area contributed by atoms with Gasteiger partial charge in [0.2, 0.25) is 5.91 Å². The van der Waals surface area contributed by atoms with E-state index in [-0.39, 0.29) is 11.9 Å². The second kappa shape index (κ2) is 5.86. The fraction of sp³-hybridized carbons (Fsp3) is 0.278. The number of hydrogen-bond donors (Lipinski definition) is 0. The van der Waals surface area contributed by atoms with Crippen LogP contribution in [-0.4, -0.2) is 17.4 Å². The molecule has 2 nitrogen and oxygen atoms in total. The fourth-order valence-corrected chi connectivity index (χ4v) is 3.71. The lowest BCUT2D eigenvalue weighted by Gasteiger charge is -2.32. The zero-order valence-corrected chi connectivity index (χ0v) is 13.2. The molecule has 1 aliphatic heterocycles. The zero-order chi connectivity index (χ0) is 14.8. The Morgan fingerprint density at radius 2 is 2.05 bits per heavy atom. The van der Waals surface area contributed by atoms with E-state index in [1.54, 1.807) is 17.4 Å². The zero-order valence-electron chi connectivity index (χ0n) is 12.4. The summed E-state index contributed by atoms with van der Waals surface area (Å²) in [5, 5.41) is 2.12. The first kappa shape index (κ1) is 14.1. The molecule has 2 aromatic rings. The van der Waals surface area contributed by atoms with Gasteiger partial charge in [0.1, 0.15) is 0 Å². The molecule has 0 saturated heterocycles. The summed E-state index contributed by atoms with van der Waals surface area (Å²) in [4.78, 5) is 15.8. The minimum absolute atomic E-state index is 0.0972. The molecule has 2 heterocycles. The van der Waals surface area contributed by atoms with E-state index in [0.29, 0.717) is 0 Å². The van der Waals surface area contributed by atoms with E-state index < -0.39 is 0 Å². The molecule has 0 saturated carbocycles. The molecule has 1 amide bonds. The van der Waals surface area contributed by atoms with Gasteiger partial charge in [-0.1, -0.05) is 29.8 Å². The van der Waals surface area contributed by atoms with Crippen molar-refractivity contribution in [2.24, 2.45) is 0 Å². The summed E-state index contributed by atoms with van der Waals surface area (Å²) in [5.74, 6) is 0.0972. The molecule has 21 heavy (non-hydrogen) atoms. The van der Waals surface area contributed by atoms with E-state index in [2.05, 4.69) is 37.4 Å². The van der Waals surface area contributed by atoms with E-state index in [1.807, 2.05) is 23.1 Å². The summed E-state index contributed by atoms with van der Waals surface area (Å²) in [6, 6.07) is 10.5. The van der Waals surface area contributed by atoms with Crippen molar-refractivity contribution in [2.45, 2.75) is 26.3 Å². The average Bonchev–Trinajstić information content (AvgIpc) is 2.96. The predicted octanol–water partition coefficient (Wildman–Crippen LogP) is 4.22. The Morgan fingerprint density at radius 1 is 1.29 bits per heavy atom. The highest BCUT2D eigenvalue weighted by molar-refractivity contribution is 7.10. The number of thiophene rings is 1. The number of aryl methyl sites for hydroxylation is 1. The number of benzene rings is 1. The highest BCUT2D eigenvalue weighted by Gasteiger charge is 2.26. The summed E-state index contributed by atoms with van der Waals surface area (Å²) in [6.45, 7) is 4.99. The second-order valence-electron chi connectivity index (χ2n) is 5.50. The van der Waals surface area contributed by atoms with Crippen molar-refractivity contribution < 1.29 is 4.79 Å². The van der Waals surface area contributed by atoms with Crippen LogP contribution in [0.15, 0.2) is 41.8 Å². The van der Waals surface area contributed by atoms with Crippen LogP contribution < -0.4 is 0 Å². The molecular formula is C18H19NOS. The first-order chi connectivity index (χ1) is 10.1. The minimum atomic E-state index is 0.0972. The fourth-order valence-electron chi connectivity index (χ4n) is 2.75. The molecule has 1 aromatic heterocycles. The van der Waals surface area contributed by atoms with Gasteiger partial charge in [-0.05, 0) is 48.9 Å². The van der Waals surface area contributed by atoms with Crippen LogP contribution in [0, 0.1) is 6.92 Å². The molecule has 0 unspecified atom stereocenters. The lowest BCUT2D eigenvalue weighted by molar-refractivity contribution is -0.128. The molecule has 0 spiro atoms. The summed E-state index contributed by atoms with van der Waals surface area (Å²) < 4.78 is 0. The molecule has 1 aliphatic rings. The van der Waals surface area contributed by atoms with Crippen molar-refractivity contribution >= 4 is 23.3 Å². The minimum Gasteiger partial charge on any atom is -0.332 e. The van der Waals surface area contributed by atoms with Crippen molar-refractivity contribution in [2.75, 3.05) is 6.54 Å². The van der Waals surface area contributed by atoms with Crippen LogP contribution in [0.3, 0.4) is 0 Å². The van der Waals surface area contributed by atoms with Gasteiger partial charge in [-0.25, -0.2) is 0 Å². The SMILES string of the molecule is Cc1ccc(/C=C/C(=O)N2CCc3sccc3[C@@H]2C)cc1. The largest absolute Gasteiger partial charge is 0.332 e. The topological polar surface area (TPSA) is 20.3 Å². The number of rotatable bonds is 2. The van der Waals surface area contributed by atoms with Crippen molar-refractivity contribution in [3.8, 4) is 0 Å². The number of fused-ring (bicyclic) bond motifs is 1. The van der Waals surface area contributed by atoms with Crippen LogP contribution >= 0.6 is 11.3 Å². The van der Waals surface area contributed by atoms with Gasteiger partial charge in [0, 0.05) is 17.5 Å². The van der Waals surface area contributed by atoms with Gasteiger partial charge < -0.3 is 4.90 Å². The first-order valence-electron chi connectivity index (χ1n) is 7.27. The third kappa shape index (κ3) is 2.93. The van der Waals surface area contributed by atoms with E-state index in [4.69, 9.17) is 0 Å². The second-order valence-corrected chi connectivity index (χ2v) is 6.50. The highest BCUT2D eigenvalue weighted by Crippen LogP contribution is 2.32. The van der Waals surface area contributed by atoms with Crippen LogP contribution in [0.2, 0.25) is 0 Å². The molecular weight excluding hydrogens is 278 g/mol. The van der Waals surface area contributed by atoms with Gasteiger partial charge in [0.15, 0.2) is 0 Å². The van der Waals surface area contributed by atoms with Gasteiger partial charge in [-0.15, -0.1) is 11.3 Å². The Labute approximate surface area is 129 Å². The Bertz CT molecular complexity index is 669. The third-order valence-electron chi connectivity index (χ3n) is 4.06. The van der Waals surface area contributed by atoms with Gasteiger partial charge in [-0.2, -0.15) is 0 Å². The summed E-state index contributed by atoms with van der Waals surface area (Å²) in [7, 11) is 0. The monoisotopic (exact) mass is 297 g/mol. The number of carbonyl (C=O) groups is 1. The van der Waals surface area contributed by atoms with Gasteiger partial charge >= 0.3 is 0 Å². The first-order valence-corrected chi connectivity index (χ1v) is 8.15. The van der Waals surface area contributed by atoms with E-state index in [9.17, 15) is 4.79 Å². The molecule has 0 aliphatic carbocycles. The van der Waals surface area contributed by atoms with E-state index in [0.717, 1.165) is 18.5 Å². The van der Waals surface area contributed by atoms with Crippen LogP contribution in [-0.2, 0) is 11.2 Å². The molecule has 3 rings (SSSR count). The van der Waals surface area contributed by atoms with E-state index in [1.165, 1.54) is 16.0 Å². The van der Waals surface area contributed by atoms with Crippen molar-refractivity contribution in [3.63, 3.8) is 0 Å².